The molecular weight excluding hydrogens is 252 g/mol. The van der Waals surface area contributed by atoms with Crippen molar-refractivity contribution in [3.8, 4) is 0 Å². The summed E-state index contributed by atoms with van der Waals surface area (Å²) in [7, 11) is -1.64. The lowest BCUT2D eigenvalue weighted by molar-refractivity contribution is 0.0584. The van der Waals surface area contributed by atoms with Crippen LogP contribution in [-0.4, -0.2) is 28.1 Å². The highest BCUT2D eigenvalue weighted by atomic mass is 28.4. The maximum Gasteiger partial charge on any atom is 0.200 e. The molecule has 1 heterocycles. The average Bonchev–Trinajstić information content (AvgIpc) is 2.34. The van der Waals surface area contributed by atoms with Crippen molar-refractivity contribution in [2.75, 3.05) is 19.8 Å². The Morgan fingerprint density at radius 2 is 1.42 bits per heavy atom. The Bertz CT molecular complexity index is 223. The fourth-order valence-corrected chi connectivity index (χ4v) is 9.41. The summed E-state index contributed by atoms with van der Waals surface area (Å²) in [6, 6.07) is 0. The Balaban J connectivity index is 2.52. The summed E-state index contributed by atoms with van der Waals surface area (Å²) in [6.07, 6.45) is 3.68. The summed E-state index contributed by atoms with van der Waals surface area (Å²) in [5, 5.41) is 0. The van der Waals surface area contributed by atoms with E-state index in [1.807, 2.05) is 0 Å². The molecular formula is C16H34O2Si. The molecule has 0 spiro atoms. The first-order valence-corrected chi connectivity index (χ1v) is 10.3. The molecule has 0 unspecified atom stereocenters. The first-order valence-electron chi connectivity index (χ1n) is 8.13. The van der Waals surface area contributed by atoms with Gasteiger partial charge in [0.05, 0.1) is 0 Å². The molecule has 0 radical (unpaired) electrons. The number of rotatable bonds is 7. The van der Waals surface area contributed by atoms with E-state index in [4.69, 9.17) is 9.16 Å². The van der Waals surface area contributed by atoms with Crippen LogP contribution in [0.4, 0.5) is 0 Å². The Kier molecular flexibility index (Phi) is 7.05. The van der Waals surface area contributed by atoms with Crippen molar-refractivity contribution in [3.05, 3.63) is 0 Å². The first-order chi connectivity index (χ1) is 8.91. The zero-order valence-electron chi connectivity index (χ0n) is 13.9. The van der Waals surface area contributed by atoms with Crippen LogP contribution >= 0.6 is 0 Å². The van der Waals surface area contributed by atoms with Gasteiger partial charge in [-0.1, -0.05) is 41.5 Å². The first kappa shape index (κ1) is 17.2. The number of hydrogen-bond acceptors (Lipinski definition) is 2. The summed E-state index contributed by atoms with van der Waals surface area (Å²) in [5.74, 6) is 0.826. The summed E-state index contributed by atoms with van der Waals surface area (Å²) in [5.41, 5.74) is 2.09. The topological polar surface area (TPSA) is 18.5 Å². The van der Waals surface area contributed by atoms with Crippen LogP contribution in [0.25, 0.3) is 0 Å². The molecule has 114 valence electrons. The van der Waals surface area contributed by atoms with Crippen LogP contribution in [0.1, 0.15) is 60.8 Å². The van der Waals surface area contributed by atoms with Crippen molar-refractivity contribution >= 4 is 8.32 Å². The van der Waals surface area contributed by atoms with Gasteiger partial charge in [0, 0.05) is 19.8 Å². The van der Waals surface area contributed by atoms with E-state index in [-0.39, 0.29) is 0 Å². The van der Waals surface area contributed by atoms with Crippen LogP contribution in [0.5, 0.6) is 0 Å². The Labute approximate surface area is 121 Å². The van der Waals surface area contributed by atoms with E-state index in [0.717, 1.165) is 25.7 Å². The molecule has 1 aliphatic heterocycles. The molecule has 0 aliphatic carbocycles. The van der Waals surface area contributed by atoms with Gasteiger partial charge < -0.3 is 9.16 Å². The highest BCUT2D eigenvalue weighted by molar-refractivity contribution is 6.77. The maximum absolute atomic E-state index is 6.61. The number of ether oxygens (including phenoxy) is 1. The third-order valence-electron chi connectivity index (χ3n) is 4.93. The van der Waals surface area contributed by atoms with E-state index in [1.54, 1.807) is 0 Å². The molecule has 1 fully saturated rings. The summed E-state index contributed by atoms with van der Waals surface area (Å²) < 4.78 is 12.0. The van der Waals surface area contributed by atoms with E-state index in [2.05, 4.69) is 41.5 Å². The Morgan fingerprint density at radius 3 is 1.84 bits per heavy atom. The molecule has 1 rings (SSSR count). The summed E-state index contributed by atoms with van der Waals surface area (Å²) in [6.45, 7) is 17.0. The Morgan fingerprint density at radius 1 is 0.947 bits per heavy atom. The molecule has 2 nitrogen and oxygen atoms in total. The standard InChI is InChI=1S/C16H34O2Si/c1-13(2)19(14(3)4,15(5)6)18-12-9-16-7-10-17-11-8-16/h13-16H,7-12H2,1-6H3. The van der Waals surface area contributed by atoms with Crippen molar-refractivity contribution in [1.29, 1.82) is 0 Å². The van der Waals surface area contributed by atoms with Gasteiger partial charge in [-0.25, -0.2) is 0 Å². The lowest BCUT2D eigenvalue weighted by Crippen LogP contribution is -2.48. The monoisotopic (exact) mass is 286 g/mol. The average molecular weight is 287 g/mol. The van der Waals surface area contributed by atoms with Gasteiger partial charge in [0.2, 0.25) is 0 Å². The summed E-state index contributed by atoms with van der Waals surface area (Å²) >= 11 is 0. The van der Waals surface area contributed by atoms with Crippen molar-refractivity contribution in [2.45, 2.75) is 77.4 Å². The fraction of sp³-hybridized carbons (Fsp3) is 1.00. The summed E-state index contributed by atoms with van der Waals surface area (Å²) in [4.78, 5) is 0. The molecule has 0 atom stereocenters. The van der Waals surface area contributed by atoms with E-state index < -0.39 is 8.32 Å². The number of hydrogen-bond donors (Lipinski definition) is 0. The Hall–Kier alpha value is 0.137. The minimum Gasteiger partial charge on any atom is -0.416 e. The predicted molar refractivity (Wildman–Crippen MR) is 85.2 cm³/mol. The fourth-order valence-electron chi connectivity index (χ4n) is 3.94. The molecule has 0 amide bonds. The predicted octanol–water partition coefficient (Wildman–Crippen LogP) is 5.00. The zero-order chi connectivity index (χ0) is 14.5. The molecule has 0 aromatic carbocycles. The molecule has 0 N–H and O–H groups in total. The van der Waals surface area contributed by atoms with Crippen LogP contribution in [0.3, 0.4) is 0 Å². The van der Waals surface area contributed by atoms with E-state index in [9.17, 15) is 0 Å². The minimum absolute atomic E-state index is 0.696. The van der Waals surface area contributed by atoms with Crippen LogP contribution in [0.15, 0.2) is 0 Å². The second-order valence-electron chi connectivity index (χ2n) is 7.01. The SMILES string of the molecule is CC(C)[Si](OCCC1CCOCC1)(C(C)C)C(C)C. The van der Waals surface area contributed by atoms with Crippen molar-refractivity contribution in [2.24, 2.45) is 5.92 Å². The third kappa shape index (κ3) is 4.30. The third-order valence-corrected chi connectivity index (χ3v) is 11.0. The molecule has 1 saturated heterocycles. The van der Waals surface area contributed by atoms with Crippen molar-refractivity contribution < 1.29 is 9.16 Å². The van der Waals surface area contributed by atoms with Gasteiger partial charge in [0.15, 0.2) is 8.32 Å². The van der Waals surface area contributed by atoms with Gasteiger partial charge in [0.25, 0.3) is 0 Å². The lowest BCUT2D eigenvalue weighted by atomic mass is 9.97. The van der Waals surface area contributed by atoms with Crippen LogP contribution in [-0.2, 0) is 9.16 Å². The molecule has 3 heteroatoms. The normalized spacial score (nSPS) is 18.8. The molecule has 0 aromatic heterocycles. The van der Waals surface area contributed by atoms with Gasteiger partial charge in [-0.2, -0.15) is 0 Å². The molecule has 0 saturated carbocycles. The van der Waals surface area contributed by atoms with Gasteiger partial charge in [0.1, 0.15) is 0 Å². The van der Waals surface area contributed by atoms with Gasteiger partial charge in [-0.15, -0.1) is 0 Å². The smallest absolute Gasteiger partial charge is 0.200 e. The van der Waals surface area contributed by atoms with Gasteiger partial charge in [-0.05, 0) is 41.8 Å². The van der Waals surface area contributed by atoms with E-state index in [0.29, 0.717) is 16.6 Å². The van der Waals surface area contributed by atoms with Crippen molar-refractivity contribution in [1.82, 2.24) is 0 Å². The van der Waals surface area contributed by atoms with Gasteiger partial charge in [-0.3, -0.25) is 0 Å². The van der Waals surface area contributed by atoms with Crippen LogP contribution in [0.2, 0.25) is 16.6 Å². The van der Waals surface area contributed by atoms with E-state index >= 15 is 0 Å². The second kappa shape index (κ2) is 7.80. The molecule has 19 heavy (non-hydrogen) atoms. The highest BCUT2D eigenvalue weighted by Gasteiger charge is 2.44. The van der Waals surface area contributed by atoms with Crippen molar-refractivity contribution in [3.63, 3.8) is 0 Å². The molecule has 1 aliphatic rings. The van der Waals surface area contributed by atoms with Crippen LogP contribution in [0, 0.1) is 5.92 Å². The quantitative estimate of drug-likeness (QED) is 0.613. The van der Waals surface area contributed by atoms with Crippen LogP contribution < -0.4 is 0 Å². The maximum atomic E-state index is 6.61. The zero-order valence-corrected chi connectivity index (χ0v) is 14.9. The second-order valence-corrected chi connectivity index (χ2v) is 12.5. The molecule has 0 bridgehead atoms. The largest absolute Gasteiger partial charge is 0.416 e. The highest BCUT2D eigenvalue weighted by Crippen LogP contribution is 2.42. The molecule has 0 aromatic rings. The minimum atomic E-state index is -1.64. The van der Waals surface area contributed by atoms with E-state index in [1.165, 1.54) is 19.3 Å². The van der Waals surface area contributed by atoms with Gasteiger partial charge >= 0.3 is 0 Å². The lowest BCUT2D eigenvalue weighted by Gasteiger charge is -2.42.